The number of rotatable bonds is 2. The van der Waals surface area contributed by atoms with Crippen LogP contribution in [0.2, 0.25) is 5.02 Å². The topological polar surface area (TPSA) is 67.7 Å². The number of amides is 2. The first-order chi connectivity index (χ1) is 14.3. The number of hydrogen-bond acceptors (Lipinski definition) is 4. The van der Waals surface area contributed by atoms with Gasteiger partial charge in [0, 0.05) is 37.4 Å². The lowest BCUT2D eigenvalue weighted by Gasteiger charge is -2.23. The highest BCUT2D eigenvalue weighted by molar-refractivity contribution is 6.31. The van der Waals surface area contributed by atoms with Crippen LogP contribution in [-0.2, 0) is 11.3 Å². The van der Waals surface area contributed by atoms with Crippen LogP contribution in [0.3, 0.4) is 0 Å². The van der Waals surface area contributed by atoms with Gasteiger partial charge in [-0.1, -0.05) is 11.6 Å². The molecule has 30 heavy (non-hydrogen) atoms. The first-order valence-corrected chi connectivity index (χ1v) is 10.7. The number of aromatic nitrogens is 2. The van der Waals surface area contributed by atoms with E-state index in [1.165, 1.54) is 0 Å². The number of fused-ring (bicyclic) bond motifs is 1. The van der Waals surface area contributed by atoms with E-state index in [0.717, 1.165) is 24.2 Å². The Morgan fingerprint density at radius 3 is 2.60 bits per heavy atom. The molecule has 0 bridgehead atoms. The van der Waals surface area contributed by atoms with Gasteiger partial charge in [0.1, 0.15) is 12.3 Å². The molecule has 0 saturated heterocycles. The molecule has 162 valence electrons. The lowest BCUT2D eigenvalue weighted by molar-refractivity contribution is -0.132. The third-order valence-corrected chi connectivity index (χ3v) is 5.50. The van der Waals surface area contributed by atoms with Gasteiger partial charge < -0.3 is 14.5 Å². The van der Waals surface area contributed by atoms with Crippen molar-refractivity contribution in [2.24, 2.45) is 0 Å². The van der Waals surface area contributed by atoms with Gasteiger partial charge in [0.05, 0.1) is 17.9 Å². The van der Waals surface area contributed by atoms with Gasteiger partial charge in [-0.05, 0) is 57.4 Å². The van der Waals surface area contributed by atoms with Crippen LogP contribution in [0.25, 0.3) is 0 Å². The van der Waals surface area contributed by atoms with Crippen molar-refractivity contribution in [3.63, 3.8) is 0 Å². The third-order valence-electron chi connectivity index (χ3n) is 5.26. The molecular formula is C22H29ClN4O3. The van der Waals surface area contributed by atoms with Gasteiger partial charge in [-0.15, -0.1) is 0 Å². The average Bonchev–Trinajstić information content (AvgIpc) is 3.02. The molecule has 0 fully saturated rings. The molecule has 0 N–H and O–H groups in total. The van der Waals surface area contributed by atoms with E-state index in [1.54, 1.807) is 34.8 Å². The zero-order valence-electron chi connectivity index (χ0n) is 17.9. The third kappa shape index (κ3) is 5.53. The maximum atomic E-state index is 12.9. The summed E-state index contributed by atoms with van der Waals surface area (Å²) in [6.45, 7) is 6.38. The van der Waals surface area contributed by atoms with Gasteiger partial charge in [-0.25, -0.2) is 0 Å². The molecule has 0 saturated carbocycles. The molecule has 8 heteroatoms. The Kier molecular flexibility index (Phi) is 7.37. The lowest BCUT2D eigenvalue weighted by atomic mass is 10.1. The number of carbonyl (C=O) groups excluding carboxylic acids is 2. The Balaban J connectivity index is 1.71. The Hall–Kier alpha value is -2.54. The molecule has 0 spiro atoms. The molecule has 1 aliphatic heterocycles. The number of benzene rings is 1. The van der Waals surface area contributed by atoms with Gasteiger partial charge >= 0.3 is 0 Å². The normalized spacial score (nSPS) is 16.2. The van der Waals surface area contributed by atoms with E-state index < -0.39 is 0 Å². The van der Waals surface area contributed by atoms with Crippen molar-refractivity contribution in [1.82, 2.24) is 19.6 Å². The summed E-state index contributed by atoms with van der Waals surface area (Å²) in [5.74, 6) is 0.466. The van der Waals surface area contributed by atoms with Gasteiger partial charge in [0.25, 0.3) is 5.91 Å². The first-order valence-electron chi connectivity index (χ1n) is 10.3. The summed E-state index contributed by atoms with van der Waals surface area (Å²) in [6, 6.07) is 7.07. The van der Waals surface area contributed by atoms with Crippen LogP contribution < -0.4 is 4.74 Å². The summed E-state index contributed by atoms with van der Waals surface area (Å²) in [5, 5.41) is 4.90. The van der Waals surface area contributed by atoms with Crippen molar-refractivity contribution < 1.29 is 14.3 Å². The van der Waals surface area contributed by atoms with Crippen molar-refractivity contribution in [1.29, 1.82) is 0 Å². The molecular weight excluding hydrogens is 404 g/mol. The van der Waals surface area contributed by atoms with Gasteiger partial charge in [-0.2, -0.15) is 5.10 Å². The fourth-order valence-electron chi connectivity index (χ4n) is 3.62. The molecule has 2 amide bonds. The minimum Gasteiger partial charge on any atom is -0.493 e. The fourth-order valence-corrected chi connectivity index (χ4v) is 3.79. The average molecular weight is 433 g/mol. The monoisotopic (exact) mass is 432 g/mol. The van der Waals surface area contributed by atoms with E-state index in [2.05, 4.69) is 5.10 Å². The maximum Gasteiger partial charge on any atom is 0.257 e. The predicted octanol–water partition coefficient (Wildman–Crippen LogP) is 3.32. The summed E-state index contributed by atoms with van der Waals surface area (Å²) in [4.78, 5) is 29.3. The van der Waals surface area contributed by atoms with E-state index in [9.17, 15) is 9.59 Å². The number of halogens is 1. The molecule has 7 nitrogen and oxygen atoms in total. The summed E-state index contributed by atoms with van der Waals surface area (Å²) in [5.41, 5.74) is 2.36. The largest absolute Gasteiger partial charge is 0.493 e. The van der Waals surface area contributed by atoms with Crippen LogP contribution in [0, 0.1) is 13.8 Å². The zero-order valence-corrected chi connectivity index (χ0v) is 18.6. The molecule has 0 aliphatic carbocycles. The minimum atomic E-state index is -0.107. The molecule has 0 radical (unpaired) electrons. The molecule has 0 atom stereocenters. The van der Waals surface area contributed by atoms with Crippen LogP contribution in [-0.4, -0.2) is 64.7 Å². The van der Waals surface area contributed by atoms with E-state index in [4.69, 9.17) is 16.3 Å². The number of hydrogen-bond donors (Lipinski definition) is 0. The Bertz CT molecular complexity index is 912. The highest BCUT2D eigenvalue weighted by atomic mass is 35.5. The van der Waals surface area contributed by atoms with Crippen LogP contribution in [0.1, 0.15) is 41.0 Å². The summed E-state index contributed by atoms with van der Waals surface area (Å²) in [7, 11) is 1.78. The van der Waals surface area contributed by atoms with Gasteiger partial charge in [0.15, 0.2) is 0 Å². The lowest BCUT2D eigenvalue weighted by Crippen LogP contribution is -2.36. The highest BCUT2D eigenvalue weighted by Gasteiger charge is 2.20. The van der Waals surface area contributed by atoms with Gasteiger partial charge in [-0.3, -0.25) is 14.3 Å². The summed E-state index contributed by atoms with van der Waals surface area (Å²) < 4.78 is 7.63. The van der Waals surface area contributed by atoms with Crippen molar-refractivity contribution >= 4 is 23.4 Å². The smallest absolute Gasteiger partial charge is 0.257 e. The standard InChI is InChI=1S/C22H29ClN4O3/c1-16-13-17(2)27(24-16)15-21(28)26-10-5-4-9-25(3)22(29)19-14-18(23)7-8-20(19)30-12-6-11-26/h7-8,13-14H,4-6,9-12,15H2,1-3H3. The van der Waals surface area contributed by atoms with Crippen LogP contribution in [0.4, 0.5) is 0 Å². The zero-order chi connectivity index (χ0) is 21.7. The minimum absolute atomic E-state index is 0.0488. The molecule has 1 aromatic carbocycles. The SMILES string of the molecule is Cc1cc(C)n(CC(=O)N2CCCCN(C)C(=O)c3cc(Cl)ccc3OCCC2)n1. The van der Waals surface area contributed by atoms with E-state index in [-0.39, 0.29) is 18.4 Å². The fraction of sp³-hybridized carbons (Fsp3) is 0.500. The number of carbonyl (C=O) groups is 2. The van der Waals surface area contributed by atoms with E-state index in [1.807, 2.05) is 24.8 Å². The van der Waals surface area contributed by atoms with Crippen molar-refractivity contribution in [3.8, 4) is 5.75 Å². The second-order valence-electron chi connectivity index (χ2n) is 7.74. The maximum absolute atomic E-state index is 12.9. The van der Waals surface area contributed by atoms with Crippen molar-refractivity contribution in [3.05, 3.63) is 46.2 Å². The Morgan fingerprint density at radius 1 is 1.13 bits per heavy atom. The Morgan fingerprint density at radius 2 is 1.87 bits per heavy atom. The van der Waals surface area contributed by atoms with Crippen molar-refractivity contribution in [2.75, 3.05) is 33.3 Å². The summed E-state index contributed by atoms with van der Waals surface area (Å²) in [6.07, 6.45) is 2.31. The van der Waals surface area contributed by atoms with E-state index in [0.29, 0.717) is 49.0 Å². The highest BCUT2D eigenvalue weighted by Crippen LogP contribution is 2.25. The predicted molar refractivity (Wildman–Crippen MR) is 116 cm³/mol. The number of ether oxygens (including phenoxy) is 1. The second-order valence-corrected chi connectivity index (χ2v) is 8.18. The summed E-state index contributed by atoms with van der Waals surface area (Å²) >= 11 is 6.10. The van der Waals surface area contributed by atoms with Crippen LogP contribution in [0.5, 0.6) is 5.75 Å². The van der Waals surface area contributed by atoms with E-state index >= 15 is 0 Å². The molecule has 2 aromatic rings. The van der Waals surface area contributed by atoms with Gasteiger partial charge in [0.2, 0.25) is 5.91 Å². The molecule has 2 heterocycles. The second kappa shape index (κ2) is 9.98. The first kappa shape index (κ1) is 22.2. The van der Waals surface area contributed by atoms with Crippen molar-refractivity contribution in [2.45, 2.75) is 39.7 Å². The number of aryl methyl sites for hydroxylation is 2. The molecule has 1 aliphatic rings. The van der Waals surface area contributed by atoms with Crippen LogP contribution >= 0.6 is 11.6 Å². The van der Waals surface area contributed by atoms with Crippen LogP contribution in [0.15, 0.2) is 24.3 Å². The Labute approximate surface area is 182 Å². The molecule has 0 unspecified atom stereocenters. The molecule has 3 rings (SSSR count). The molecule has 1 aromatic heterocycles. The number of nitrogens with zero attached hydrogens (tertiary/aromatic N) is 4. The quantitative estimate of drug-likeness (QED) is 0.730.